The molecule has 6 nitrogen and oxygen atoms in total. The SMILES string of the molecule is CC(=O)O.N.O=C([O-])O.[Zn+]. The predicted molar refractivity (Wildman–Crippen MR) is 26.4 cm³/mol. The van der Waals surface area contributed by atoms with Crippen LogP contribution in [0.3, 0.4) is 0 Å². The van der Waals surface area contributed by atoms with Gasteiger partial charge >= 0.3 is 19.5 Å². The maximum atomic E-state index is 9.00. The second-order valence-electron chi connectivity index (χ2n) is 0.785. The summed E-state index contributed by atoms with van der Waals surface area (Å²) in [5, 5.41) is 22.7. The first kappa shape index (κ1) is 22.8. The van der Waals surface area contributed by atoms with Gasteiger partial charge in [0.2, 0.25) is 6.16 Å². The monoisotopic (exact) mass is 202 g/mol. The molecule has 0 saturated carbocycles. The third-order valence-corrected chi connectivity index (χ3v) is 0. The van der Waals surface area contributed by atoms with Crippen molar-refractivity contribution in [3.63, 3.8) is 0 Å². The minimum atomic E-state index is -2.08. The van der Waals surface area contributed by atoms with E-state index in [1.807, 2.05) is 0 Å². The van der Waals surface area contributed by atoms with Crippen LogP contribution < -0.4 is 11.3 Å². The molecule has 0 aromatic carbocycles. The molecule has 0 bridgehead atoms. The Morgan fingerprint density at radius 3 is 1.30 bits per heavy atom. The first-order valence-corrected chi connectivity index (χ1v) is 1.56. The average Bonchev–Trinajstić information content (AvgIpc) is 1.25. The van der Waals surface area contributed by atoms with E-state index in [4.69, 9.17) is 24.9 Å². The van der Waals surface area contributed by atoms with Crippen molar-refractivity contribution >= 4 is 12.1 Å². The van der Waals surface area contributed by atoms with Crippen molar-refractivity contribution in [3.05, 3.63) is 0 Å². The summed E-state index contributed by atoms with van der Waals surface area (Å²) in [5.41, 5.74) is 0. The standard InChI is InChI=1S/C2H4O2.CH2O3.H3N.Zn/c1-2(3)4;2-1(3)4;;/h1H3,(H,3,4);(H2,2,3,4);1H3;/q;;;+1/p-1. The molecule has 0 heterocycles. The van der Waals surface area contributed by atoms with Crippen molar-refractivity contribution in [1.82, 2.24) is 6.15 Å². The molecule has 0 saturated heterocycles. The van der Waals surface area contributed by atoms with Gasteiger partial charge in [0.1, 0.15) is 0 Å². The second kappa shape index (κ2) is 15.8. The van der Waals surface area contributed by atoms with Gasteiger partial charge in [0.15, 0.2) is 0 Å². The number of carboxylic acids is 1. The molecule has 0 amide bonds. The van der Waals surface area contributed by atoms with Gasteiger partial charge in [-0.1, -0.05) is 0 Å². The number of aliphatic carboxylic acids is 1. The quantitative estimate of drug-likeness (QED) is 0.439. The van der Waals surface area contributed by atoms with E-state index in [2.05, 4.69) is 0 Å². The molecular weight excluding hydrogens is 195 g/mol. The largest absolute Gasteiger partial charge is 1.00 e. The van der Waals surface area contributed by atoms with Gasteiger partial charge in [0.25, 0.3) is 5.97 Å². The number of rotatable bonds is 0. The zero-order valence-electron chi connectivity index (χ0n) is 5.53. The van der Waals surface area contributed by atoms with Crippen LogP contribution in [0.2, 0.25) is 0 Å². The van der Waals surface area contributed by atoms with Gasteiger partial charge in [0, 0.05) is 6.92 Å². The Bertz CT molecular complexity index is 74.9. The summed E-state index contributed by atoms with van der Waals surface area (Å²) < 4.78 is 0. The summed E-state index contributed by atoms with van der Waals surface area (Å²) >= 11 is 0. The van der Waals surface area contributed by atoms with Crippen molar-refractivity contribution in [3.8, 4) is 0 Å². The number of carbonyl (C=O) groups is 2. The van der Waals surface area contributed by atoms with Crippen molar-refractivity contribution in [2.24, 2.45) is 0 Å². The van der Waals surface area contributed by atoms with E-state index >= 15 is 0 Å². The Morgan fingerprint density at radius 1 is 1.30 bits per heavy atom. The smallest absolute Gasteiger partial charge is 0.565 e. The van der Waals surface area contributed by atoms with E-state index in [9.17, 15) is 0 Å². The molecule has 0 aromatic heterocycles. The number of carboxylic acid groups (broad SMARTS) is 3. The summed E-state index contributed by atoms with van der Waals surface area (Å²) in [4.78, 5) is 17.4. The van der Waals surface area contributed by atoms with Crippen molar-refractivity contribution in [2.75, 3.05) is 0 Å². The fraction of sp³-hybridized carbons (Fsp3) is 0.333. The summed E-state index contributed by atoms with van der Waals surface area (Å²) in [6.07, 6.45) is -2.08. The molecule has 57 valence electrons. The molecule has 0 atom stereocenters. The van der Waals surface area contributed by atoms with Crippen molar-refractivity contribution in [1.29, 1.82) is 0 Å². The molecule has 0 aliphatic heterocycles. The first-order valence-electron chi connectivity index (χ1n) is 1.56. The fourth-order valence-electron chi connectivity index (χ4n) is 0. The van der Waals surface area contributed by atoms with E-state index in [-0.39, 0.29) is 25.6 Å². The molecule has 10 heavy (non-hydrogen) atoms. The molecule has 1 radical (unpaired) electrons. The van der Waals surface area contributed by atoms with Gasteiger partial charge in [-0.05, 0) is 0 Å². The van der Waals surface area contributed by atoms with Gasteiger partial charge < -0.3 is 26.3 Å². The molecule has 0 aliphatic rings. The van der Waals surface area contributed by atoms with Crippen molar-refractivity contribution < 1.29 is 44.4 Å². The number of hydrogen-bond acceptors (Lipinski definition) is 4. The second-order valence-corrected chi connectivity index (χ2v) is 0.785. The first-order chi connectivity index (χ1) is 3.46. The third-order valence-electron chi connectivity index (χ3n) is 0. The Labute approximate surface area is 70.2 Å². The van der Waals surface area contributed by atoms with Gasteiger partial charge in [-0.15, -0.1) is 0 Å². The molecule has 0 aliphatic carbocycles. The summed E-state index contributed by atoms with van der Waals surface area (Å²) in [6, 6.07) is 0. The van der Waals surface area contributed by atoms with Gasteiger partial charge in [0.05, 0.1) is 0 Å². The van der Waals surface area contributed by atoms with Crippen LogP contribution in [0.5, 0.6) is 0 Å². The normalized spacial score (nSPS) is 4.90. The van der Waals surface area contributed by atoms with E-state index in [0.717, 1.165) is 6.92 Å². The van der Waals surface area contributed by atoms with Gasteiger partial charge in [-0.2, -0.15) is 0 Å². The van der Waals surface area contributed by atoms with Crippen LogP contribution in [0, 0.1) is 0 Å². The maximum Gasteiger partial charge on any atom is 1.00 e. The molecule has 7 heteroatoms. The molecule has 5 N–H and O–H groups in total. The average molecular weight is 203 g/mol. The summed E-state index contributed by atoms with van der Waals surface area (Å²) in [7, 11) is 0. The van der Waals surface area contributed by atoms with Crippen LogP contribution in [0.1, 0.15) is 6.92 Å². The predicted octanol–water partition coefficient (Wildman–Crippen LogP) is -0.862. The molecule has 0 spiro atoms. The zero-order chi connectivity index (χ0) is 7.15. The van der Waals surface area contributed by atoms with Crippen LogP contribution in [0.25, 0.3) is 0 Å². The molecule has 0 rings (SSSR count). The van der Waals surface area contributed by atoms with Crippen LogP contribution >= 0.6 is 0 Å². The van der Waals surface area contributed by atoms with Crippen LogP contribution in [0.4, 0.5) is 4.79 Å². The maximum absolute atomic E-state index is 9.00. The summed E-state index contributed by atoms with van der Waals surface area (Å²) in [5.74, 6) is -0.833. The Morgan fingerprint density at radius 2 is 1.30 bits per heavy atom. The Hall–Kier alpha value is -0.677. The van der Waals surface area contributed by atoms with Crippen LogP contribution in [0.15, 0.2) is 0 Å². The van der Waals surface area contributed by atoms with Crippen molar-refractivity contribution in [2.45, 2.75) is 6.92 Å². The minimum absolute atomic E-state index is 0. The Balaban J connectivity index is -0.0000000300. The van der Waals surface area contributed by atoms with Crippen LogP contribution in [-0.2, 0) is 24.3 Å². The van der Waals surface area contributed by atoms with Gasteiger partial charge in [-0.3, -0.25) is 4.79 Å². The minimum Gasteiger partial charge on any atom is -0.565 e. The topological polar surface area (TPSA) is 133 Å². The van der Waals surface area contributed by atoms with E-state index in [0.29, 0.717) is 0 Å². The fourth-order valence-corrected chi connectivity index (χ4v) is 0. The van der Waals surface area contributed by atoms with E-state index < -0.39 is 12.1 Å². The molecule has 0 unspecified atom stereocenters. The number of hydrogen-bond donors (Lipinski definition) is 3. The van der Waals surface area contributed by atoms with E-state index in [1.165, 1.54) is 0 Å². The third kappa shape index (κ3) is 640. The van der Waals surface area contributed by atoms with E-state index in [1.54, 1.807) is 0 Å². The van der Waals surface area contributed by atoms with Gasteiger partial charge in [-0.25, -0.2) is 0 Å². The summed E-state index contributed by atoms with van der Waals surface area (Å²) in [6.45, 7) is 1.08. The molecular formula is C3H8NO5Zn. The van der Waals surface area contributed by atoms with Crippen LogP contribution in [-0.4, -0.2) is 22.3 Å². The molecule has 0 fully saturated rings. The zero-order valence-corrected chi connectivity index (χ0v) is 8.50. The molecule has 0 aromatic rings. The Kier molecular flexibility index (Phi) is 35.9.